The predicted molar refractivity (Wildman–Crippen MR) is 76.2 cm³/mol. The topological polar surface area (TPSA) is 18.5 Å². The molecule has 4 heteroatoms. The van der Waals surface area contributed by atoms with Gasteiger partial charge in [0.1, 0.15) is 10.0 Å². The fraction of sp³-hybridized carbons (Fsp3) is 1.00. The van der Waals surface area contributed by atoms with Crippen LogP contribution in [0.2, 0.25) is 0 Å². The van der Waals surface area contributed by atoms with E-state index in [2.05, 4.69) is 73.4 Å². The number of ether oxygens (including phenoxy) is 2. The van der Waals surface area contributed by atoms with Gasteiger partial charge in [0.2, 0.25) is 0 Å². The lowest BCUT2D eigenvalue weighted by Crippen LogP contribution is -2.28. The first kappa shape index (κ1) is 16.9. The van der Waals surface area contributed by atoms with Crippen LogP contribution in [0.3, 0.4) is 0 Å². The average Bonchev–Trinajstić information content (AvgIpc) is 2.07. The van der Waals surface area contributed by atoms with Crippen molar-refractivity contribution >= 4 is 31.9 Å². The summed E-state index contributed by atoms with van der Waals surface area (Å²) >= 11 is 6.94. The van der Waals surface area contributed by atoms with Crippen LogP contribution >= 0.6 is 31.9 Å². The van der Waals surface area contributed by atoms with Crippen molar-refractivity contribution in [2.24, 2.45) is 10.8 Å². The molecule has 2 atom stereocenters. The zero-order chi connectivity index (χ0) is 13.0. The fourth-order valence-corrected chi connectivity index (χ4v) is 1.38. The Bertz CT molecular complexity index is 172. The Hall–Kier alpha value is 0.880. The zero-order valence-electron chi connectivity index (χ0n) is 11.1. The zero-order valence-corrected chi connectivity index (χ0v) is 14.3. The highest BCUT2D eigenvalue weighted by molar-refractivity contribution is 9.12. The first-order chi connectivity index (χ1) is 7.01. The summed E-state index contributed by atoms with van der Waals surface area (Å²) in [6, 6.07) is 0. The third kappa shape index (κ3) is 10.1. The molecule has 0 aromatic heterocycles. The molecule has 0 heterocycles. The van der Waals surface area contributed by atoms with E-state index < -0.39 is 0 Å². The second kappa shape index (κ2) is 6.72. The maximum absolute atomic E-state index is 5.68. The Labute approximate surface area is 117 Å². The molecular weight excluding hydrogens is 336 g/mol. The van der Waals surface area contributed by atoms with Gasteiger partial charge < -0.3 is 9.47 Å². The van der Waals surface area contributed by atoms with E-state index in [9.17, 15) is 0 Å². The van der Waals surface area contributed by atoms with Crippen molar-refractivity contribution in [3.63, 3.8) is 0 Å². The average molecular weight is 360 g/mol. The number of hydrogen-bond acceptors (Lipinski definition) is 2. The van der Waals surface area contributed by atoms with Gasteiger partial charge in [0.25, 0.3) is 0 Å². The molecule has 0 aromatic carbocycles. The predicted octanol–water partition coefficient (Wildman–Crippen LogP) is 4.55. The molecule has 0 saturated heterocycles. The Balaban J connectivity index is 3.86. The van der Waals surface area contributed by atoms with Crippen LogP contribution in [0.25, 0.3) is 0 Å². The minimum absolute atomic E-state index is 0.117. The molecule has 0 spiro atoms. The van der Waals surface area contributed by atoms with Gasteiger partial charge >= 0.3 is 0 Å². The first-order valence-electron chi connectivity index (χ1n) is 5.53. The van der Waals surface area contributed by atoms with Crippen LogP contribution in [0, 0.1) is 10.8 Å². The summed E-state index contributed by atoms with van der Waals surface area (Å²) in [5, 5.41) is -0.233. The lowest BCUT2D eigenvalue weighted by Gasteiger charge is -2.26. The number of rotatable bonds is 5. The Morgan fingerprint density at radius 3 is 1.19 bits per heavy atom. The van der Waals surface area contributed by atoms with Crippen LogP contribution in [-0.2, 0) is 9.47 Å². The summed E-state index contributed by atoms with van der Waals surface area (Å²) in [6.45, 7) is 14.3. The van der Waals surface area contributed by atoms with Gasteiger partial charge in [-0.1, -0.05) is 73.4 Å². The van der Waals surface area contributed by atoms with E-state index in [1.807, 2.05) is 0 Å². The molecule has 2 nitrogen and oxygen atoms in total. The smallest absolute Gasteiger partial charge is 0.148 e. The summed E-state index contributed by atoms with van der Waals surface area (Å²) in [6.07, 6.45) is 0. The third-order valence-electron chi connectivity index (χ3n) is 1.56. The normalized spacial score (nSPS) is 17.2. The van der Waals surface area contributed by atoms with Crippen molar-refractivity contribution in [1.29, 1.82) is 0 Å². The highest BCUT2D eigenvalue weighted by Crippen LogP contribution is 2.24. The molecule has 0 aromatic rings. The van der Waals surface area contributed by atoms with Crippen LogP contribution < -0.4 is 0 Å². The maximum Gasteiger partial charge on any atom is 0.148 e. The van der Waals surface area contributed by atoms with E-state index in [1.165, 1.54) is 0 Å². The Kier molecular flexibility index (Phi) is 7.09. The second-order valence-corrected chi connectivity index (χ2v) is 8.25. The Morgan fingerprint density at radius 2 is 1.00 bits per heavy atom. The van der Waals surface area contributed by atoms with E-state index in [0.29, 0.717) is 13.2 Å². The maximum atomic E-state index is 5.68. The van der Waals surface area contributed by atoms with Crippen molar-refractivity contribution in [1.82, 2.24) is 0 Å². The molecule has 98 valence electrons. The van der Waals surface area contributed by atoms with Crippen molar-refractivity contribution in [2.45, 2.75) is 51.6 Å². The van der Waals surface area contributed by atoms with Gasteiger partial charge in [-0.2, -0.15) is 0 Å². The van der Waals surface area contributed by atoms with E-state index in [1.54, 1.807) is 0 Å². The number of alkyl halides is 2. The highest BCUT2D eigenvalue weighted by Gasteiger charge is 2.22. The van der Waals surface area contributed by atoms with E-state index in [0.717, 1.165) is 0 Å². The molecule has 0 rings (SSSR count). The summed E-state index contributed by atoms with van der Waals surface area (Å²) in [4.78, 5) is 0. The van der Waals surface area contributed by atoms with Crippen molar-refractivity contribution in [2.75, 3.05) is 13.2 Å². The molecule has 0 bridgehead atoms. The summed E-state index contributed by atoms with van der Waals surface area (Å²) in [5.41, 5.74) is 0.339. The van der Waals surface area contributed by atoms with E-state index >= 15 is 0 Å². The number of hydrogen-bond donors (Lipinski definition) is 0. The van der Waals surface area contributed by atoms with Gasteiger partial charge in [-0.15, -0.1) is 0 Å². The van der Waals surface area contributed by atoms with Gasteiger partial charge in [-0.3, -0.25) is 0 Å². The standard InChI is InChI=1S/C12H24Br2O2/c1-11(2,3)7-15-9(13)10(14)16-8-12(4,5)6/h9-10H,7-8H2,1-6H3. The Morgan fingerprint density at radius 1 is 0.750 bits per heavy atom. The molecule has 0 fully saturated rings. The SMILES string of the molecule is CC(C)(C)COC(Br)C(Br)OCC(C)(C)C. The van der Waals surface area contributed by atoms with E-state index in [4.69, 9.17) is 9.47 Å². The molecule has 0 saturated carbocycles. The lowest BCUT2D eigenvalue weighted by atomic mass is 9.99. The van der Waals surface area contributed by atoms with Gasteiger partial charge in [0.05, 0.1) is 13.2 Å². The summed E-state index contributed by atoms with van der Waals surface area (Å²) < 4.78 is 11.4. The second-order valence-electron chi connectivity index (χ2n) is 6.45. The van der Waals surface area contributed by atoms with Crippen molar-refractivity contribution in [3.8, 4) is 0 Å². The monoisotopic (exact) mass is 358 g/mol. The fourth-order valence-electron chi connectivity index (χ4n) is 0.811. The van der Waals surface area contributed by atoms with Crippen LogP contribution in [-0.4, -0.2) is 23.2 Å². The molecule has 0 N–H and O–H groups in total. The molecular formula is C12H24Br2O2. The number of halogens is 2. The van der Waals surface area contributed by atoms with Gasteiger partial charge in [-0.05, 0) is 10.8 Å². The van der Waals surface area contributed by atoms with Crippen LogP contribution in [0.4, 0.5) is 0 Å². The largest absolute Gasteiger partial charge is 0.363 e. The minimum atomic E-state index is -0.117. The lowest BCUT2D eigenvalue weighted by molar-refractivity contribution is -0.0243. The first-order valence-corrected chi connectivity index (χ1v) is 7.36. The third-order valence-corrected chi connectivity index (χ3v) is 3.76. The van der Waals surface area contributed by atoms with Crippen molar-refractivity contribution < 1.29 is 9.47 Å². The molecule has 0 radical (unpaired) electrons. The van der Waals surface area contributed by atoms with Crippen LogP contribution in [0.15, 0.2) is 0 Å². The summed E-state index contributed by atoms with van der Waals surface area (Å²) in [7, 11) is 0. The molecule has 2 unspecified atom stereocenters. The quantitative estimate of drug-likeness (QED) is 0.670. The highest BCUT2D eigenvalue weighted by atomic mass is 79.9. The van der Waals surface area contributed by atoms with E-state index in [-0.39, 0.29) is 20.9 Å². The molecule has 16 heavy (non-hydrogen) atoms. The van der Waals surface area contributed by atoms with Gasteiger partial charge in [0.15, 0.2) is 0 Å². The molecule has 0 amide bonds. The van der Waals surface area contributed by atoms with Crippen molar-refractivity contribution in [3.05, 3.63) is 0 Å². The van der Waals surface area contributed by atoms with Crippen LogP contribution in [0.1, 0.15) is 41.5 Å². The minimum Gasteiger partial charge on any atom is -0.363 e. The molecule has 0 aliphatic carbocycles. The van der Waals surface area contributed by atoms with Crippen LogP contribution in [0.5, 0.6) is 0 Å². The van der Waals surface area contributed by atoms with Gasteiger partial charge in [-0.25, -0.2) is 0 Å². The molecule has 0 aliphatic heterocycles. The van der Waals surface area contributed by atoms with Gasteiger partial charge in [0, 0.05) is 0 Å². The summed E-state index contributed by atoms with van der Waals surface area (Å²) in [5.74, 6) is 0. The molecule has 0 aliphatic rings.